The van der Waals surface area contributed by atoms with Gasteiger partial charge in [0.2, 0.25) is 5.91 Å². The maximum absolute atomic E-state index is 12.7. The van der Waals surface area contributed by atoms with E-state index < -0.39 is 0 Å². The number of hydrogen-bond acceptors (Lipinski definition) is 3. The molecule has 1 aliphatic heterocycles. The van der Waals surface area contributed by atoms with Gasteiger partial charge in [0.1, 0.15) is 12.3 Å². The number of nitrogens with one attached hydrogen (secondary N) is 1. The first-order valence-electron chi connectivity index (χ1n) is 11.1. The third kappa shape index (κ3) is 6.48. The van der Waals surface area contributed by atoms with Gasteiger partial charge < -0.3 is 19.9 Å². The predicted molar refractivity (Wildman–Crippen MR) is 122 cm³/mol. The van der Waals surface area contributed by atoms with Crippen LogP contribution >= 0.6 is 0 Å². The van der Waals surface area contributed by atoms with E-state index >= 15 is 0 Å². The summed E-state index contributed by atoms with van der Waals surface area (Å²) in [5.74, 6) is 0.689. The molecule has 0 radical (unpaired) electrons. The van der Waals surface area contributed by atoms with Crippen LogP contribution in [0.1, 0.15) is 49.4 Å². The third-order valence-corrected chi connectivity index (χ3v) is 5.50. The summed E-state index contributed by atoms with van der Waals surface area (Å²) in [7, 11) is 0. The molecular formula is C25H33N3O3. The largest absolute Gasteiger partial charge is 0.494 e. The fourth-order valence-electron chi connectivity index (χ4n) is 3.69. The van der Waals surface area contributed by atoms with Crippen LogP contribution < -0.4 is 10.1 Å². The lowest BCUT2D eigenvalue weighted by molar-refractivity contribution is -0.122. The molecule has 0 spiro atoms. The maximum atomic E-state index is 12.7. The molecule has 166 valence electrons. The molecule has 0 aliphatic carbocycles. The molecule has 0 saturated carbocycles. The highest BCUT2D eigenvalue weighted by atomic mass is 16.5. The highest BCUT2D eigenvalue weighted by Gasteiger charge is 2.30. The van der Waals surface area contributed by atoms with Crippen LogP contribution in [0.2, 0.25) is 0 Å². The van der Waals surface area contributed by atoms with E-state index in [4.69, 9.17) is 4.74 Å². The summed E-state index contributed by atoms with van der Waals surface area (Å²) >= 11 is 0. The molecular weight excluding hydrogens is 390 g/mol. The number of rotatable bonds is 10. The second-order valence-corrected chi connectivity index (χ2v) is 8.17. The average Bonchev–Trinajstić information content (AvgIpc) is 3.08. The van der Waals surface area contributed by atoms with Crippen LogP contribution in [-0.2, 0) is 11.3 Å². The molecule has 1 N–H and O–H groups in total. The number of carbonyl (C=O) groups is 2. The van der Waals surface area contributed by atoms with Crippen molar-refractivity contribution in [1.29, 1.82) is 0 Å². The molecule has 1 fully saturated rings. The van der Waals surface area contributed by atoms with Crippen LogP contribution in [0.4, 0.5) is 4.79 Å². The summed E-state index contributed by atoms with van der Waals surface area (Å²) in [6.07, 6.45) is 2.14. The molecule has 2 aromatic carbocycles. The van der Waals surface area contributed by atoms with Crippen molar-refractivity contribution >= 4 is 11.9 Å². The number of benzene rings is 2. The molecule has 6 heteroatoms. The number of amides is 3. The van der Waals surface area contributed by atoms with Crippen LogP contribution in [0.5, 0.6) is 5.75 Å². The van der Waals surface area contributed by atoms with Crippen molar-refractivity contribution in [3.8, 4) is 5.75 Å². The summed E-state index contributed by atoms with van der Waals surface area (Å²) in [6, 6.07) is 15.7. The molecule has 6 nitrogen and oxygen atoms in total. The molecule has 1 unspecified atom stereocenters. The summed E-state index contributed by atoms with van der Waals surface area (Å²) in [4.78, 5) is 28.6. The Hall–Kier alpha value is -3.02. The van der Waals surface area contributed by atoms with E-state index in [1.807, 2.05) is 56.3 Å². The van der Waals surface area contributed by atoms with E-state index in [1.165, 1.54) is 5.56 Å². The Morgan fingerprint density at radius 2 is 1.87 bits per heavy atom. The summed E-state index contributed by atoms with van der Waals surface area (Å²) < 4.78 is 5.69. The minimum absolute atomic E-state index is 0.0751. The summed E-state index contributed by atoms with van der Waals surface area (Å²) in [5.41, 5.74) is 3.29. The number of nitrogens with zero attached hydrogens (tertiary/aromatic N) is 2. The normalized spacial score (nSPS) is 14.6. The molecule has 3 amide bonds. The number of carbonyl (C=O) groups excluding carboxylic acids is 2. The Morgan fingerprint density at radius 1 is 1.13 bits per heavy atom. The van der Waals surface area contributed by atoms with Gasteiger partial charge in [0, 0.05) is 19.6 Å². The Morgan fingerprint density at radius 3 is 2.58 bits per heavy atom. The van der Waals surface area contributed by atoms with Gasteiger partial charge in [-0.3, -0.25) is 4.79 Å². The summed E-state index contributed by atoms with van der Waals surface area (Å²) in [5, 5.41) is 3.00. The summed E-state index contributed by atoms with van der Waals surface area (Å²) in [6.45, 7) is 8.68. The van der Waals surface area contributed by atoms with Crippen molar-refractivity contribution in [3.63, 3.8) is 0 Å². The van der Waals surface area contributed by atoms with Crippen molar-refractivity contribution in [2.45, 2.75) is 46.2 Å². The number of urea groups is 1. The van der Waals surface area contributed by atoms with Crippen molar-refractivity contribution < 1.29 is 14.3 Å². The zero-order valence-electron chi connectivity index (χ0n) is 18.8. The maximum Gasteiger partial charge on any atom is 0.320 e. The first-order chi connectivity index (χ1) is 15.0. The first-order valence-corrected chi connectivity index (χ1v) is 11.1. The molecule has 0 aromatic heterocycles. The van der Waals surface area contributed by atoms with Gasteiger partial charge in [-0.15, -0.1) is 0 Å². The number of ether oxygens (including phenoxy) is 1. The smallest absolute Gasteiger partial charge is 0.320 e. The van der Waals surface area contributed by atoms with E-state index in [9.17, 15) is 9.59 Å². The van der Waals surface area contributed by atoms with Crippen LogP contribution in [0.25, 0.3) is 0 Å². The van der Waals surface area contributed by atoms with E-state index in [0.29, 0.717) is 26.2 Å². The zero-order chi connectivity index (χ0) is 22.2. The monoisotopic (exact) mass is 423 g/mol. The topological polar surface area (TPSA) is 61.9 Å². The molecule has 1 saturated heterocycles. The third-order valence-electron chi connectivity index (χ3n) is 5.50. The first kappa shape index (κ1) is 22.7. The molecule has 1 heterocycles. The molecule has 2 aromatic rings. The molecule has 0 bridgehead atoms. The predicted octanol–water partition coefficient (Wildman–Crippen LogP) is 4.29. The van der Waals surface area contributed by atoms with E-state index in [0.717, 1.165) is 29.7 Å². The van der Waals surface area contributed by atoms with Gasteiger partial charge in [-0.2, -0.15) is 0 Å². The van der Waals surface area contributed by atoms with Crippen LogP contribution in [0.15, 0.2) is 48.5 Å². The lowest BCUT2D eigenvalue weighted by Gasteiger charge is -2.20. The van der Waals surface area contributed by atoms with Crippen LogP contribution in [-0.4, -0.2) is 48.0 Å². The second kappa shape index (κ2) is 10.8. The quantitative estimate of drug-likeness (QED) is 0.580. The number of unbranched alkanes of at least 4 members (excludes halogenated alkanes) is 1. The highest BCUT2D eigenvalue weighted by Crippen LogP contribution is 2.19. The van der Waals surface area contributed by atoms with Crippen molar-refractivity contribution in [3.05, 3.63) is 65.2 Å². The second-order valence-electron chi connectivity index (χ2n) is 8.17. The minimum atomic E-state index is -0.151. The lowest BCUT2D eigenvalue weighted by atomic mass is 10.1. The van der Waals surface area contributed by atoms with Gasteiger partial charge in [-0.05, 0) is 43.5 Å². The van der Waals surface area contributed by atoms with E-state index in [2.05, 4.69) is 18.3 Å². The van der Waals surface area contributed by atoms with Crippen LogP contribution in [0, 0.1) is 6.92 Å². The van der Waals surface area contributed by atoms with Gasteiger partial charge in [-0.25, -0.2) is 4.79 Å². The molecule has 1 atom stereocenters. The van der Waals surface area contributed by atoms with Crippen molar-refractivity contribution in [2.24, 2.45) is 0 Å². The van der Waals surface area contributed by atoms with Gasteiger partial charge in [0.15, 0.2) is 0 Å². The SMILES string of the molecule is CCCCOc1ccc(C(C)NC(=O)CN2CCN(Cc3cccc(C)c3)C2=O)cc1. The fraction of sp³-hybridized carbons (Fsp3) is 0.440. The number of aryl methyl sites for hydroxylation is 1. The van der Waals surface area contributed by atoms with Crippen molar-refractivity contribution in [2.75, 3.05) is 26.2 Å². The minimum Gasteiger partial charge on any atom is -0.494 e. The van der Waals surface area contributed by atoms with Gasteiger partial charge in [-0.1, -0.05) is 55.3 Å². The van der Waals surface area contributed by atoms with Gasteiger partial charge in [0.05, 0.1) is 12.6 Å². The van der Waals surface area contributed by atoms with Crippen LogP contribution in [0.3, 0.4) is 0 Å². The van der Waals surface area contributed by atoms with Gasteiger partial charge >= 0.3 is 6.03 Å². The zero-order valence-corrected chi connectivity index (χ0v) is 18.8. The van der Waals surface area contributed by atoms with E-state index in [-0.39, 0.29) is 24.5 Å². The fourth-order valence-corrected chi connectivity index (χ4v) is 3.69. The Kier molecular flexibility index (Phi) is 7.93. The lowest BCUT2D eigenvalue weighted by Crippen LogP contribution is -2.40. The van der Waals surface area contributed by atoms with E-state index in [1.54, 1.807) is 9.80 Å². The molecule has 31 heavy (non-hydrogen) atoms. The molecule has 3 rings (SSSR count). The Balaban J connectivity index is 1.47. The Bertz CT molecular complexity index is 882. The number of hydrogen-bond donors (Lipinski definition) is 1. The van der Waals surface area contributed by atoms with Gasteiger partial charge in [0.25, 0.3) is 0 Å². The highest BCUT2D eigenvalue weighted by molar-refractivity contribution is 5.85. The van der Waals surface area contributed by atoms with Crippen molar-refractivity contribution in [1.82, 2.24) is 15.1 Å². The average molecular weight is 424 g/mol. The Labute approximate surface area is 185 Å². The standard InChI is InChI=1S/C25H33N3O3/c1-4-5-15-31-23-11-9-22(10-12-23)20(3)26-24(29)18-28-14-13-27(25(28)30)17-21-8-6-7-19(2)16-21/h6-12,16,20H,4-5,13-15,17-18H2,1-3H3,(H,26,29). The molecule has 1 aliphatic rings.